The number of ketones is 1. The predicted octanol–water partition coefficient (Wildman–Crippen LogP) is 8.06. The van der Waals surface area contributed by atoms with Crippen molar-refractivity contribution in [3.05, 3.63) is 98.5 Å². The van der Waals surface area contributed by atoms with Gasteiger partial charge in [-0.25, -0.2) is 0 Å². The van der Waals surface area contributed by atoms with Crippen LogP contribution in [-0.4, -0.2) is 5.78 Å². The molecule has 0 aromatic heterocycles. The number of benzene rings is 3. The van der Waals surface area contributed by atoms with Gasteiger partial charge in [0.2, 0.25) is 0 Å². The van der Waals surface area contributed by atoms with Crippen LogP contribution in [0.4, 0.5) is 0 Å². The summed E-state index contributed by atoms with van der Waals surface area (Å²) in [4.78, 5) is 13.7. The van der Waals surface area contributed by atoms with Gasteiger partial charge < -0.3 is 0 Å². The molecule has 0 unspecified atom stereocenters. The van der Waals surface area contributed by atoms with Gasteiger partial charge in [-0.1, -0.05) is 82.8 Å². The summed E-state index contributed by atoms with van der Waals surface area (Å²) in [5.74, 6) is 0.0839. The fraction of sp³-hybridized carbons (Fsp3) is 0.136. The van der Waals surface area contributed by atoms with Gasteiger partial charge in [0.25, 0.3) is 0 Å². The molecule has 3 aromatic rings. The van der Waals surface area contributed by atoms with Crippen LogP contribution in [0.25, 0.3) is 0 Å². The van der Waals surface area contributed by atoms with Gasteiger partial charge in [0.1, 0.15) is 0 Å². The Kier molecular flexibility index (Phi) is 6.88. The normalized spacial score (nSPS) is 12.0. The van der Waals surface area contributed by atoms with Gasteiger partial charge >= 0.3 is 0 Å². The van der Waals surface area contributed by atoms with E-state index in [9.17, 15) is 4.79 Å². The first-order valence-electron chi connectivity index (χ1n) is 8.40. The first kappa shape index (κ1) is 20.3. The van der Waals surface area contributed by atoms with E-state index in [1.165, 1.54) is 11.8 Å². The number of halogens is 3. The summed E-state index contributed by atoms with van der Waals surface area (Å²) in [6.07, 6.45) is 0.345. The highest BCUT2D eigenvalue weighted by Crippen LogP contribution is 2.43. The summed E-state index contributed by atoms with van der Waals surface area (Å²) in [6, 6.07) is 20.7. The van der Waals surface area contributed by atoms with E-state index in [4.69, 9.17) is 34.8 Å². The van der Waals surface area contributed by atoms with Crippen molar-refractivity contribution in [3.63, 3.8) is 0 Å². The lowest BCUT2D eigenvalue weighted by molar-refractivity contribution is 0.0982. The molecule has 0 aliphatic heterocycles. The third-order valence-corrected chi connectivity index (χ3v) is 6.67. The summed E-state index contributed by atoms with van der Waals surface area (Å²) in [5, 5.41) is 1.56. The van der Waals surface area contributed by atoms with Crippen LogP contribution in [0.2, 0.25) is 15.1 Å². The van der Waals surface area contributed by atoms with Crippen LogP contribution >= 0.6 is 46.6 Å². The van der Waals surface area contributed by atoms with E-state index in [1.807, 2.05) is 67.6 Å². The minimum Gasteiger partial charge on any atom is -0.294 e. The summed E-state index contributed by atoms with van der Waals surface area (Å²) >= 11 is 20.1. The lowest BCUT2D eigenvalue weighted by Crippen LogP contribution is -2.05. The molecule has 0 aliphatic rings. The van der Waals surface area contributed by atoms with Crippen LogP contribution in [0, 0.1) is 6.92 Å². The Bertz CT molecular complexity index is 937. The van der Waals surface area contributed by atoms with Crippen molar-refractivity contribution in [2.45, 2.75) is 23.5 Å². The van der Waals surface area contributed by atoms with Crippen molar-refractivity contribution in [2.75, 3.05) is 0 Å². The average molecular weight is 436 g/mol. The highest BCUT2D eigenvalue weighted by atomic mass is 35.5. The van der Waals surface area contributed by atoms with Gasteiger partial charge in [0, 0.05) is 27.2 Å². The summed E-state index contributed by atoms with van der Waals surface area (Å²) in [5.41, 5.74) is 2.85. The van der Waals surface area contributed by atoms with Crippen LogP contribution in [0.15, 0.2) is 71.6 Å². The summed E-state index contributed by atoms with van der Waals surface area (Å²) in [6.45, 7) is 2.00. The highest BCUT2D eigenvalue weighted by Gasteiger charge is 2.20. The summed E-state index contributed by atoms with van der Waals surface area (Å²) in [7, 11) is 0. The molecular weight excluding hydrogens is 419 g/mol. The molecule has 5 heteroatoms. The zero-order valence-electron chi connectivity index (χ0n) is 14.6. The topological polar surface area (TPSA) is 17.1 Å². The molecule has 3 rings (SSSR count). The molecule has 0 radical (unpaired) electrons. The fourth-order valence-electron chi connectivity index (χ4n) is 2.66. The van der Waals surface area contributed by atoms with Gasteiger partial charge in [-0.2, -0.15) is 0 Å². The van der Waals surface area contributed by atoms with Crippen molar-refractivity contribution in [3.8, 4) is 0 Å². The molecule has 138 valence electrons. The molecule has 0 spiro atoms. The second-order valence-electron chi connectivity index (χ2n) is 6.20. The molecule has 0 bridgehead atoms. The number of hydrogen-bond acceptors (Lipinski definition) is 2. The number of Topliss-reactive ketones (excluding diaryl/α,β-unsaturated/α-hetero) is 1. The molecule has 0 fully saturated rings. The Morgan fingerprint density at radius 2 is 1.59 bits per heavy atom. The number of carbonyl (C=O) groups excluding carboxylic acids is 1. The lowest BCUT2D eigenvalue weighted by atomic mass is 10.0. The van der Waals surface area contributed by atoms with Crippen LogP contribution in [-0.2, 0) is 0 Å². The van der Waals surface area contributed by atoms with E-state index in [0.29, 0.717) is 27.1 Å². The quantitative estimate of drug-likeness (QED) is 0.287. The van der Waals surface area contributed by atoms with Gasteiger partial charge in [-0.3, -0.25) is 4.79 Å². The Morgan fingerprint density at radius 1 is 0.926 bits per heavy atom. The minimum atomic E-state index is -0.105. The Balaban J connectivity index is 1.89. The van der Waals surface area contributed by atoms with E-state index < -0.39 is 0 Å². The van der Waals surface area contributed by atoms with E-state index in [0.717, 1.165) is 16.0 Å². The number of rotatable bonds is 6. The van der Waals surface area contributed by atoms with Crippen LogP contribution in [0.1, 0.15) is 33.2 Å². The first-order valence-corrected chi connectivity index (χ1v) is 10.4. The van der Waals surface area contributed by atoms with Crippen LogP contribution in [0.3, 0.4) is 0 Å². The van der Waals surface area contributed by atoms with E-state index >= 15 is 0 Å². The lowest BCUT2D eigenvalue weighted by Gasteiger charge is -2.18. The Labute approximate surface area is 178 Å². The molecule has 0 saturated heterocycles. The molecule has 3 aromatic carbocycles. The van der Waals surface area contributed by atoms with Crippen molar-refractivity contribution in [2.24, 2.45) is 0 Å². The third kappa shape index (κ3) is 5.30. The molecule has 0 aliphatic carbocycles. The second-order valence-corrected chi connectivity index (χ2v) is 8.67. The van der Waals surface area contributed by atoms with Gasteiger partial charge in [-0.15, -0.1) is 11.8 Å². The van der Waals surface area contributed by atoms with E-state index in [2.05, 4.69) is 0 Å². The molecule has 0 N–H and O–H groups in total. The first-order chi connectivity index (χ1) is 12.9. The standard InChI is InChI=1S/C22H17Cl3OS/c1-14-5-7-15(8-6-14)19(26)13-21(16-9-11-17(23)12-10-16)27-20-4-2-3-18(24)22(20)25/h2-12,21H,13H2,1H3/t21-/m1/s1. The fourth-order valence-corrected chi connectivity index (χ4v) is 4.48. The number of carbonyl (C=O) groups is 1. The smallest absolute Gasteiger partial charge is 0.164 e. The largest absolute Gasteiger partial charge is 0.294 e. The van der Waals surface area contributed by atoms with Crippen molar-refractivity contribution in [1.29, 1.82) is 0 Å². The highest BCUT2D eigenvalue weighted by molar-refractivity contribution is 7.99. The SMILES string of the molecule is Cc1ccc(C(=O)C[C@@H](Sc2cccc(Cl)c2Cl)c2ccc(Cl)cc2)cc1. The Hall–Kier alpha value is -1.45. The second kappa shape index (κ2) is 9.16. The molecule has 1 nitrogen and oxygen atoms in total. The number of thioether (sulfide) groups is 1. The molecule has 1 atom stereocenters. The van der Waals surface area contributed by atoms with Gasteiger partial charge in [0.15, 0.2) is 5.78 Å². The molecule has 27 heavy (non-hydrogen) atoms. The monoisotopic (exact) mass is 434 g/mol. The molecule has 0 heterocycles. The van der Waals surface area contributed by atoms with Crippen LogP contribution in [0.5, 0.6) is 0 Å². The van der Waals surface area contributed by atoms with Crippen LogP contribution < -0.4 is 0 Å². The molecule has 0 amide bonds. The maximum Gasteiger partial charge on any atom is 0.164 e. The zero-order chi connectivity index (χ0) is 19.4. The average Bonchev–Trinajstić information content (AvgIpc) is 2.66. The van der Waals surface area contributed by atoms with Crippen molar-refractivity contribution in [1.82, 2.24) is 0 Å². The van der Waals surface area contributed by atoms with E-state index in [1.54, 1.807) is 6.07 Å². The van der Waals surface area contributed by atoms with E-state index in [-0.39, 0.29) is 11.0 Å². The maximum absolute atomic E-state index is 12.9. The van der Waals surface area contributed by atoms with Gasteiger partial charge in [-0.05, 0) is 36.8 Å². The van der Waals surface area contributed by atoms with Crippen molar-refractivity contribution >= 4 is 52.3 Å². The number of hydrogen-bond donors (Lipinski definition) is 0. The molecular formula is C22H17Cl3OS. The van der Waals surface area contributed by atoms with Crippen molar-refractivity contribution < 1.29 is 4.79 Å². The predicted molar refractivity (Wildman–Crippen MR) is 117 cm³/mol. The number of aryl methyl sites for hydroxylation is 1. The van der Waals surface area contributed by atoms with Gasteiger partial charge in [0.05, 0.1) is 10.0 Å². The Morgan fingerprint density at radius 3 is 2.26 bits per heavy atom. The molecule has 0 saturated carbocycles. The summed E-state index contributed by atoms with van der Waals surface area (Å²) < 4.78 is 0. The maximum atomic E-state index is 12.9. The minimum absolute atomic E-state index is 0.0839. The third-order valence-electron chi connectivity index (χ3n) is 4.17. The zero-order valence-corrected chi connectivity index (χ0v) is 17.7.